The number of aromatic nitrogens is 1. The van der Waals surface area contributed by atoms with Crippen LogP contribution in [-0.4, -0.2) is 24.7 Å². The van der Waals surface area contributed by atoms with Crippen LogP contribution in [0, 0.1) is 6.92 Å². The van der Waals surface area contributed by atoms with Crippen LogP contribution in [0.25, 0.3) is 0 Å². The summed E-state index contributed by atoms with van der Waals surface area (Å²) in [5.74, 6) is 0.982. The van der Waals surface area contributed by atoms with Gasteiger partial charge in [-0.1, -0.05) is 23.4 Å². The Morgan fingerprint density at radius 3 is 2.72 bits per heavy atom. The lowest BCUT2D eigenvalue weighted by atomic mass is 10.3. The highest BCUT2D eigenvalue weighted by atomic mass is 16.5. The predicted molar refractivity (Wildman–Crippen MR) is 69.6 cm³/mol. The van der Waals surface area contributed by atoms with Gasteiger partial charge in [-0.05, 0) is 19.1 Å². The van der Waals surface area contributed by atoms with Crippen LogP contribution in [0.5, 0.6) is 0 Å². The molecule has 1 aromatic carbocycles. The first-order valence-corrected chi connectivity index (χ1v) is 5.64. The van der Waals surface area contributed by atoms with Gasteiger partial charge >= 0.3 is 0 Å². The van der Waals surface area contributed by atoms with Crippen molar-refractivity contribution >= 4 is 17.4 Å². The number of nitrogens with zero attached hydrogens (tertiary/aromatic N) is 2. The molecule has 0 aliphatic heterocycles. The second kappa shape index (κ2) is 5.35. The summed E-state index contributed by atoms with van der Waals surface area (Å²) in [7, 11) is 1.86. The number of hydrogen-bond acceptors (Lipinski definition) is 4. The lowest BCUT2D eigenvalue weighted by Crippen LogP contribution is -2.30. The molecule has 0 radical (unpaired) electrons. The summed E-state index contributed by atoms with van der Waals surface area (Å²) in [5.41, 5.74) is 0.990. The average Bonchev–Trinajstić information content (AvgIpc) is 2.75. The molecular formula is C13H15N3O2. The summed E-state index contributed by atoms with van der Waals surface area (Å²) in [5, 5.41) is 6.39. The van der Waals surface area contributed by atoms with Crippen molar-refractivity contribution in [3.8, 4) is 0 Å². The molecular weight excluding hydrogens is 230 g/mol. The molecule has 0 bridgehead atoms. The number of aryl methyl sites for hydroxylation is 1. The number of rotatable bonds is 4. The molecule has 0 fully saturated rings. The summed E-state index contributed by atoms with van der Waals surface area (Å²) >= 11 is 0. The van der Waals surface area contributed by atoms with E-state index in [1.807, 2.05) is 42.3 Å². The van der Waals surface area contributed by atoms with Gasteiger partial charge in [-0.2, -0.15) is 0 Å². The number of hydrogen-bond donors (Lipinski definition) is 1. The first-order chi connectivity index (χ1) is 8.65. The molecule has 18 heavy (non-hydrogen) atoms. The van der Waals surface area contributed by atoms with Crippen molar-refractivity contribution in [1.29, 1.82) is 0 Å². The Kier molecular flexibility index (Phi) is 3.62. The van der Waals surface area contributed by atoms with E-state index in [0.717, 1.165) is 5.69 Å². The topological polar surface area (TPSA) is 58.4 Å². The molecule has 0 atom stereocenters. The number of likely N-dealkylation sites (N-methyl/N-ethyl adjacent to an activating group) is 1. The maximum absolute atomic E-state index is 11.8. The SMILES string of the molecule is Cc1cc(NC(=O)CN(C)c2ccccc2)no1. The van der Waals surface area contributed by atoms with Gasteiger partial charge in [0.1, 0.15) is 5.76 Å². The molecule has 2 aromatic rings. The molecule has 94 valence electrons. The van der Waals surface area contributed by atoms with Crippen molar-refractivity contribution in [2.45, 2.75) is 6.92 Å². The number of carbonyl (C=O) groups excluding carboxylic acids is 1. The second-order valence-corrected chi connectivity index (χ2v) is 4.06. The molecule has 1 heterocycles. The lowest BCUT2D eigenvalue weighted by molar-refractivity contribution is -0.115. The second-order valence-electron chi connectivity index (χ2n) is 4.06. The van der Waals surface area contributed by atoms with Crippen molar-refractivity contribution in [3.63, 3.8) is 0 Å². The Bertz CT molecular complexity index is 522. The van der Waals surface area contributed by atoms with E-state index >= 15 is 0 Å². The molecule has 0 spiro atoms. The van der Waals surface area contributed by atoms with Crippen LogP contribution in [0.3, 0.4) is 0 Å². The van der Waals surface area contributed by atoms with Gasteiger partial charge in [0.15, 0.2) is 5.82 Å². The van der Waals surface area contributed by atoms with Crippen LogP contribution < -0.4 is 10.2 Å². The van der Waals surface area contributed by atoms with E-state index in [0.29, 0.717) is 11.6 Å². The van der Waals surface area contributed by atoms with E-state index < -0.39 is 0 Å². The first kappa shape index (κ1) is 12.2. The zero-order valence-corrected chi connectivity index (χ0v) is 10.4. The number of anilines is 2. The minimum absolute atomic E-state index is 0.130. The minimum atomic E-state index is -0.130. The smallest absolute Gasteiger partial charge is 0.245 e. The Labute approximate surface area is 105 Å². The molecule has 5 nitrogen and oxygen atoms in total. The fourth-order valence-corrected chi connectivity index (χ4v) is 1.60. The van der Waals surface area contributed by atoms with Gasteiger partial charge in [0.2, 0.25) is 5.91 Å². The van der Waals surface area contributed by atoms with E-state index in [1.54, 1.807) is 13.0 Å². The largest absolute Gasteiger partial charge is 0.365 e. The van der Waals surface area contributed by atoms with Gasteiger partial charge in [0, 0.05) is 18.8 Å². The highest BCUT2D eigenvalue weighted by Gasteiger charge is 2.09. The zero-order valence-electron chi connectivity index (χ0n) is 10.4. The summed E-state index contributed by atoms with van der Waals surface area (Å²) < 4.78 is 4.88. The van der Waals surface area contributed by atoms with Crippen molar-refractivity contribution in [2.24, 2.45) is 0 Å². The van der Waals surface area contributed by atoms with Gasteiger partial charge in [0.25, 0.3) is 0 Å². The van der Waals surface area contributed by atoms with E-state index in [1.165, 1.54) is 0 Å². The van der Waals surface area contributed by atoms with E-state index in [-0.39, 0.29) is 12.5 Å². The first-order valence-electron chi connectivity index (χ1n) is 5.64. The van der Waals surface area contributed by atoms with E-state index in [9.17, 15) is 4.79 Å². The molecule has 0 saturated heterocycles. The number of benzene rings is 1. The Hall–Kier alpha value is -2.30. The van der Waals surface area contributed by atoms with Crippen molar-refractivity contribution in [2.75, 3.05) is 23.8 Å². The zero-order chi connectivity index (χ0) is 13.0. The normalized spacial score (nSPS) is 10.1. The van der Waals surface area contributed by atoms with Crippen molar-refractivity contribution < 1.29 is 9.32 Å². The quantitative estimate of drug-likeness (QED) is 0.895. The van der Waals surface area contributed by atoms with E-state index in [2.05, 4.69) is 10.5 Å². The number of amides is 1. The molecule has 1 N–H and O–H groups in total. The molecule has 0 aliphatic rings. The summed E-state index contributed by atoms with van der Waals surface area (Å²) in [6.07, 6.45) is 0. The predicted octanol–water partition coefficient (Wildman–Crippen LogP) is 2.06. The summed E-state index contributed by atoms with van der Waals surface area (Å²) in [6, 6.07) is 11.4. The van der Waals surface area contributed by atoms with Crippen LogP contribution in [0.4, 0.5) is 11.5 Å². The van der Waals surface area contributed by atoms with Gasteiger partial charge in [-0.15, -0.1) is 0 Å². The molecule has 1 aromatic heterocycles. The summed E-state index contributed by atoms with van der Waals surface area (Å²) in [4.78, 5) is 13.6. The fourth-order valence-electron chi connectivity index (χ4n) is 1.60. The number of para-hydroxylation sites is 1. The Morgan fingerprint density at radius 2 is 2.11 bits per heavy atom. The molecule has 5 heteroatoms. The fraction of sp³-hybridized carbons (Fsp3) is 0.231. The highest BCUT2D eigenvalue weighted by molar-refractivity contribution is 5.93. The minimum Gasteiger partial charge on any atom is -0.365 e. The van der Waals surface area contributed by atoms with Crippen LogP contribution in [0.15, 0.2) is 40.9 Å². The van der Waals surface area contributed by atoms with Gasteiger partial charge in [-0.25, -0.2) is 0 Å². The Balaban J connectivity index is 1.92. The maximum atomic E-state index is 11.8. The third-order valence-electron chi connectivity index (χ3n) is 2.47. The van der Waals surface area contributed by atoms with E-state index in [4.69, 9.17) is 4.52 Å². The molecule has 2 rings (SSSR count). The molecule has 1 amide bonds. The summed E-state index contributed by atoms with van der Waals surface area (Å²) in [6.45, 7) is 2.04. The molecule has 0 saturated carbocycles. The molecule has 0 unspecified atom stereocenters. The van der Waals surface area contributed by atoms with Crippen molar-refractivity contribution in [3.05, 3.63) is 42.2 Å². The number of nitrogens with one attached hydrogen (secondary N) is 1. The van der Waals surface area contributed by atoms with Crippen LogP contribution >= 0.6 is 0 Å². The third-order valence-corrected chi connectivity index (χ3v) is 2.47. The van der Waals surface area contributed by atoms with Crippen molar-refractivity contribution in [1.82, 2.24) is 5.16 Å². The van der Waals surface area contributed by atoms with Crippen LogP contribution in [-0.2, 0) is 4.79 Å². The average molecular weight is 245 g/mol. The maximum Gasteiger partial charge on any atom is 0.245 e. The monoisotopic (exact) mass is 245 g/mol. The molecule has 0 aliphatic carbocycles. The Morgan fingerprint density at radius 1 is 1.39 bits per heavy atom. The third kappa shape index (κ3) is 3.10. The van der Waals surface area contributed by atoms with Crippen LogP contribution in [0.2, 0.25) is 0 Å². The number of carbonyl (C=O) groups is 1. The lowest BCUT2D eigenvalue weighted by Gasteiger charge is -2.17. The van der Waals surface area contributed by atoms with Gasteiger partial charge < -0.3 is 14.7 Å². The van der Waals surface area contributed by atoms with Gasteiger partial charge in [-0.3, -0.25) is 4.79 Å². The highest BCUT2D eigenvalue weighted by Crippen LogP contribution is 2.11. The van der Waals surface area contributed by atoms with Gasteiger partial charge in [0.05, 0.1) is 6.54 Å². The van der Waals surface area contributed by atoms with Crippen LogP contribution in [0.1, 0.15) is 5.76 Å². The standard InChI is InChI=1S/C13H15N3O2/c1-10-8-12(15-18-10)14-13(17)9-16(2)11-6-4-3-5-7-11/h3-8H,9H2,1-2H3,(H,14,15,17).